The SMILES string of the molecule is C=C[C@@H]1C[C@]1(NC(=O)[C@@H]1C[C@@H]2CN1C(=O)[C@H](C(C)(C)C)NC(=O)[C@@H](NC(=O)OC(C)(C)C)CSC/C=C\c1cccc3c1CN(C3)C(=O)O2)C(=O)NS(=O)(=O)C1CC1. The number of fused-ring (bicyclic) bond motifs is 3. The van der Waals surface area contributed by atoms with Crippen molar-refractivity contribution in [2.75, 3.05) is 18.1 Å². The molecule has 6 atom stereocenters. The summed E-state index contributed by atoms with van der Waals surface area (Å²) in [5.41, 5.74) is -0.600. The normalized spacial score (nSPS) is 28.5. The van der Waals surface area contributed by atoms with Crippen LogP contribution < -0.4 is 20.7 Å². The average molecular weight is 843 g/mol. The van der Waals surface area contributed by atoms with Crippen molar-refractivity contribution >= 4 is 63.7 Å². The number of amides is 6. The molecule has 1 aromatic rings. The molecule has 0 unspecified atom stereocenters. The quantitative estimate of drug-likeness (QED) is 0.294. The summed E-state index contributed by atoms with van der Waals surface area (Å²) in [7, 11) is -3.95. The summed E-state index contributed by atoms with van der Waals surface area (Å²) in [5, 5.41) is 7.55. The van der Waals surface area contributed by atoms with Gasteiger partial charge in [-0.05, 0) is 62.1 Å². The largest absolute Gasteiger partial charge is 0.444 e. The maximum Gasteiger partial charge on any atom is 0.410 e. The molecule has 3 heterocycles. The summed E-state index contributed by atoms with van der Waals surface area (Å²) in [4.78, 5) is 86.2. The first-order valence-electron chi connectivity index (χ1n) is 19.5. The molecule has 4 bridgehead atoms. The van der Waals surface area contributed by atoms with E-state index in [1.165, 1.54) is 22.7 Å². The minimum absolute atomic E-state index is 0.0881. The molecule has 0 radical (unpaired) electrons. The molecule has 1 saturated heterocycles. The highest BCUT2D eigenvalue weighted by Gasteiger charge is 2.62. The molecular weight excluding hydrogens is 789 g/mol. The van der Waals surface area contributed by atoms with E-state index in [2.05, 4.69) is 27.3 Å². The standard InChI is InChI=1S/C40H54N6O10S2/c1-8-25-18-40(25,35(50)44-58(53,54)27-14-15-27)43-33(48)30-17-26-20-46(30)34(49)31(38(2,3)4)42-32(47)29(41-36(51)56-39(5,6)7)22-57-16-10-13-23-11-9-12-24-19-45(21-28(23)24)37(52)55-26/h8-13,25-27,29-31H,1,14-22H2,2-7H3,(H,41,51)(H,42,47)(H,43,48)(H,44,50)/b13-10-/t25-,26-,29+,30+,31-,40-/m1/s1. The second-order valence-electron chi connectivity index (χ2n) is 17.7. The van der Waals surface area contributed by atoms with Gasteiger partial charge in [0.05, 0.1) is 18.3 Å². The molecule has 5 aliphatic rings. The van der Waals surface area contributed by atoms with Gasteiger partial charge < -0.3 is 30.3 Å². The molecule has 2 aliphatic carbocycles. The predicted molar refractivity (Wildman–Crippen MR) is 216 cm³/mol. The Labute approximate surface area is 343 Å². The van der Waals surface area contributed by atoms with E-state index in [9.17, 15) is 37.2 Å². The van der Waals surface area contributed by atoms with Crippen molar-refractivity contribution in [3.05, 3.63) is 53.6 Å². The molecular formula is C40H54N6O10S2. The zero-order valence-electron chi connectivity index (χ0n) is 33.8. The number of carbonyl (C=O) groups excluding carboxylic acids is 6. The molecule has 3 fully saturated rings. The van der Waals surface area contributed by atoms with Crippen molar-refractivity contribution < 1.29 is 46.7 Å². The molecule has 4 N–H and O–H groups in total. The lowest BCUT2D eigenvalue weighted by atomic mass is 9.85. The van der Waals surface area contributed by atoms with Gasteiger partial charge in [0.2, 0.25) is 27.7 Å². The lowest BCUT2D eigenvalue weighted by Gasteiger charge is -2.36. The number of carbonyl (C=O) groups is 6. The number of benzene rings is 1. The molecule has 2 saturated carbocycles. The van der Waals surface area contributed by atoms with Crippen LogP contribution in [0.1, 0.15) is 83.9 Å². The Bertz CT molecular complexity index is 2010. The highest BCUT2D eigenvalue weighted by Crippen LogP contribution is 2.45. The summed E-state index contributed by atoms with van der Waals surface area (Å²) < 4.78 is 39.1. The molecule has 6 rings (SSSR count). The lowest BCUT2D eigenvalue weighted by molar-refractivity contribution is -0.144. The van der Waals surface area contributed by atoms with Crippen molar-refractivity contribution in [1.29, 1.82) is 0 Å². The Morgan fingerprint density at radius 3 is 2.45 bits per heavy atom. The molecule has 58 heavy (non-hydrogen) atoms. The number of nitrogens with zero attached hydrogens (tertiary/aromatic N) is 2. The molecule has 1 aromatic carbocycles. The average Bonchev–Trinajstić information content (AvgIpc) is 4.01. The van der Waals surface area contributed by atoms with Gasteiger partial charge in [-0.15, -0.1) is 6.58 Å². The van der Waals surface area contributed by atoms with Crippen LogP contribution >= 0.6 is 11.8 Å². The smallest absolute Gasteiger partial charge is 0.410 e. The Morgan fingerprint density at radius 1 is 1.09 bits per heavy atom. The van der Waals surface area contributed by atoms with E-state index < -0.39 is 97.8 Å². The van der Waals surface area contributed by atoms with E-state index in [1.54, 1.807) is 46.4 Å². The van der Waals surface area contributed by atoms with Gasteiger partial charge in [0.1, 0.15) is 35.4 Å². The van der Waals surface area contributed by atoms with Gasteiger partial charge in [-0.25, -0.2) is 18.0 Å². The Hall–Kier alpha value is -4.58. The van der Waals surface area contributed by atoms with Crippen molar-refractivity contribution in [3.63, 3.8) is 0 Å². The first-order valence-corrected chi connectivity index (χ1v) is 22.2. The zero-order valence-corrected chi connectivity index (χ0v) is 35.4. The van der Waals surface area contributed by atoms with Gasteiger partial charge in [-0.3, -0.25) is 28.8 Å². The molecule has 6 amide bonds. The van der Waals surface area contributed by atoms with Gasteiger partial charge in [0.15, 0.2) is 0 Å². The number of nitrogens with one attached hydrogen (secondary N) is 4. The van der Waals surface area contributed by atoms with Crippen LogP contribution in [0.2, 0.25) is 0 Å². The summed E-state index contributed by atoms with van der Waals surface area (Å²) in [6, 6.07) is 2.13. The third-order valence-electron chi connectivity index (χ3n) is 10.8. The summed E-state index contributed by atoms with van der Waals surface area (Å²) in [6.45, 7) is 14.4. The number of hydrogen-bond donors (Lipinski definition) is 4. The summed E-state index contributed by atoms with van der Waals surface area (Å²) in [5.74, 6) is -2.95. The van der Waals surface area contributed by atoms with Gasteiger partial charge in [0, 0.05) is 30.4 Å². The third-order valence-corrected chi connectivity index (χ3v) is 13.7. The molecule has 316 valence electrons. The number of sulfonamides is 1. The van der Waals surface area contributed by atoms with Crippen LogP contribution in [0.15, 0.2) is 36.9 Å². The summed E-state index contributed by atoms with van der Waals surface area (Å²) >= 11 is 1.38. The van der Waals surface area contributed by atoms with E-state index in [0.717, 1.165) is 16.7 Å². The maximum absolute atomic E-state index is 14.8. The fourth-order valence-corrected chi connectivity index (χ4v) is 9.67. The Balaban J connectivity index is 1.32. The van der Waals surface area contributed by atoms with Gasteiger partial charge in [0.25, 0.3) is 5.91 Å². The highest BCUT2D eigenvalue weighted by atomic mass is 32.2. The molecule has 18 heteroatoms. The van der Waals surface area contributed by atoms with Crippen LogP contribution in [0.4, 0.5) is 9.59 Å². The maximum atomic E-state index is 14.8. The number of hydrogen-bond acceptors (Lipinski definition) is 11. The van der Waals surface area contributed by atoms with E-state index in [-0.39, 0.29) is 31.7 Å². The second-order valence-corrected chi connectivity index (χ2v) is 20.8. The third kappa shape index (κ3) is 9.64. The second kappa shape index (κ2) is 16.2. The first kappa shape index (κ1) is 43.0. The minimum Gasteiger partial charge on any atom is -0.444 e. The number of ether oxygens (including phenoxy) is 2. The molecule has 3 aliphatic heterocycles. The monoisotopic (exact) mass is 842 g/mol. The van der Waals surface area contributed by atoms with E-state index in [1.807, 2.05) is 30.4 Å². The predicted octanol–water partition coefficient (Wildman–Crippen LogP) is 2.96. The van der Waals surface area contributed by atoms with E-state index >= 15 is 0 Å². The molecule has 0 aromatic heterocycles. The van der Waals surface area contributed by atoms with Gasteiger partial charge in [-0.2, -0.15) is 11.8 Å². The Morgan fingerprint density at radius 2 is 1.81 bits per heavy atom. The van der Waals surface area contributed by atoms with E-state index in [4.69, 9.17) is 9.47 Å². The van der Waals surface area contributed by atoms with Gasteiger partial charge >= 0.3 is 12.2 Å². The van der Waals surface area contributed by atoms with Crippen molar-refractivity contribution in [2.24, 2.45) is 11.3 Å². The van der Waals surface area contributed by atoms with Crippen molar-refractivity contribution in [2.45, 2.75) is 121 Å². The topological polar surface area (TPSA) is 210 Å². The number of rotatable bonds is 7. The van der Waals surface area contributed by atoms with E-state index in [0.29, 0.717) is 25.1 Å². The van der Waals surface area contributed by atoms with Crippen molar-refractivity contribution in [3.8, 4) is 0 Å². The highest BCUT2D eigenvalue weighted by molar-refractivity contribution is 7.99. The van der Waals surface area contributed by atoms with Crippen LogP contribution in [0, 0.1) is 11.3 Å². The summed E-state index contributed by atoms with van der Waals surface area (Å²) in [6.07, 6.45) is 3.75. The first-order chi connectivity index (χ1) is 27.1. The lowest BCUT2D eigenvalue weighted by Crippen LogP contribution is -2.62. The minimum atomic E-state index is -3.95. The van der Waals surface area contributed by atoms with Crippen LogP contribution in [-0.4, -0.2) is 113 Å². The zero-order chi connectivity index (χ0) is 42.4. The molecule has 16 nitrogen and oxygen atoms in total. The fraction of sp³-hybridized carbons (Fsp3) is 0.600. The van der Waals surface area contributed by atoms with Crippen LogP contribution in [0.25, 0.3) is 6.08 Å². The number of thioether (sulfide) groups is 1. The fourth-order valence-electron chi connectivity index (χ4n) is 7.46. The van der Waals surface area contributed by atoms with Crippen LogP contribution in [0.3, 0.4) is 0 Å². The van der Waals surface area contributed by atoms with Crippen molar-refractivity contribution in [1.82, 2.24) is 30.5 Å². The Kier molecular flexibility index (Phi) is 12.0. The number of alkyl carbamates (subject to hydrolysis) is 1. The van der Waals surface area contributed by atoms with Crippen LogP contribution in [0.5, 0.6) is 0 Å². The van der Waals surface area contributed by atoms with Gasteiger partial charge in [-0.1, -0.05) is 57.2 Å². The van der Waals surface area contributed by atoms with Crippen LogP contribution in [-0.2, 0) is 51.8 Å². The molecule has 0 spiro atoms.